The first-order valence-corrected chi connectivity index (χ1v) is 9.70. The van der Waals surface area contributed by atoms with Gasteiger partial charge in [-0.1, -0.05) is 30.3 Å². The normalized spacial score (nSPS) is 27.5. The summed E-state index contributed by atoms with van der Waals surface area (Å²) in [6.45, 7) is -0.0952. The van der Waals surface area contributed by atoms with Crippen LogP contribution < -0.4 is 5.32 Å². The molecule has 1 amide bonds. The molecule has 2 rings (SSSR count). The van der Waals surface area contributed by atoms with E-state index >= 15 is 0 Å². The minimum atomic E-state index is -3.26. The van der Waals surface area contributed by atoms with Crippen LogP contribution in [0.5, 0.6) is 0 Å². The molecule has 1 aromatic carbocycles. The minimum Gasteiger partial charge on any atom is -0.445 e. The summed E-state index contributed by atoms with van der Waals surface area (Å²) >= 11 is 0. The molecule has 1 aliphatic carbocycles. The van der Waals surface area contributed by atoms with Gasteiger partial charge in [-0.2, -0.15) is 0 Å². The van der Waals surface area contributed by atoms with E-state index in [-0.39, 0.29) is 32.4 Å². The van der Waals surface area contributed by atoms with Crippen molar-refractivity contribution in [3.05, 3.63) is 35.9 Å². The van der Waals surface area contributed by atoms with E-state index in [0.29, 0.717) is 0 Å². The maximum absolute atomic E-state index is 11.7. The van der Waals surface area contributed by atoms with E-state index in [4.69, 9.17) is 4.74 Å². The van der Waals surface area contributed by atoms with Gasteiger partial charge < -0.3 is 20.3 Å². The number of hydrogen-bond donors (Lipinski definition) is 3. The lowest BCUT2D eigenvalue weighted by Gasteiger charge is -2.39. The predicted molar refractivity (Wildman–Crippen MR) is 88.1 cm³/mol. The number of carbonyl (C=O) groups excluding carboxylic acids is 1. The van der Waals surface area contributed by atoms with E-state index in [1.807, 2.05) is 30.3 Å². The van der Waals surface area contributed by atoms with Crippen LogP contribution in [-0.2, 0) is 21.2 Å². The topological polar surface area (TPSA) is 113 Å². The maximum atomic E-state index is 11.7. The zero-order valence-electron chi connectivity index (χ0n) is 13.5. The molecule has 0 spiro atoms. The van der Waals surface area contributed by atoms with Crippen molar-refractivity contribution in [3.63, 3.8) is 0 Å². The molecule has 3 unspecified atom stereocenters. The maximum Gasteiger partial charge on any atom is 0.407 e. The van der Waals surface area contributed by atoms with Gasteiger partial charge in [-0.05, 0) is 24.8 Å². The molecular formula is C16H23NO6S. The van der Waals surface area contributed by atoms with Crippen molar-refractivity contribution in [1.82, 2.24) is 5.32 Å². The Morgan fingerprint density at radius 3 is 2.62 bits per heavy atom. The van der Waals surface area contributed by atoms with Crippen LogP contribution in [0.25, 0.3) is 0 Å². The van der Waals surface area contributed by atoms with Crippen LogP contribution >= 0.6 is 0 Å². The van der Waals surface area contributed by atoms with E-state index in [0.717, 1.165) is 11.8 Å². The third-order valence-corrected chi connectivity index (χ3v) is 6.00. The third kappa shape index (κ3) is 4.93. The van der Waals surface area contributed by atoms with Crippen molar-refractivity contribution >= 4 is 15.9 Å². The number of aliphatic hydroxyl groups is 2. The largest absolute Gasteiger partial charge is 0.445 e. The number of aliphatic hydroxyl groups excluding tert-OH is 1. The highest BCUT2D eigenvalue weighted by molar-refractivity contribution is 7.91. The molecule has 1 saturated carbocycles. The molecule has 1 aliphatic rings. The molecule has 0 heterocycles. The van der Waals surface area contributed by atoms with Crippen molar-refractivity contribution in [2.75, 3.05) is 12.8 Å². The molecule has 3 N–H and O–H groups in total. The molecule has 3 atom stereocenters. The summed E-state index contributed by atoms with van der Waals surface area (Å²) < 4.78 is 28.1. The van der Waals surface area contributed by atoms with Gasteiger partial charge in [0.1, 0.15) is 22.0 Å². The molecule has 0 bridgehead atoms. The Morgan fingerprint density at radius 2 is 2.04 bits per heavy atom. The third-order valence-electron chi connectivity index (χ3n) is 4.36. The Morgan fingerprint density at radius 1 is 1.38 bits per heavy atom. The molecule has 7 nitrogen and oxygen atoms in total. The van der Waals surface area contributed by atoms with Gasteiger partial charge in [-0.3, -0.25) is 0 Å². The van der Waals surface area contributed by atoms with Crippen LogP contribution in [0, 0.1) is 0 Å². The van der Waals surface area contributed by atoms with Gasteiger partial charge in [0.15, 0.2) is 0 Å². The lowest BCUT2D eigenvalue weighted by molar-refractivity contribution is -0.0956. The number of alkyl carbamates (subject to hydrolysis) is 1. The first-order chi connectivity index (χ1) is 11.2. The summed E-state index contributed by atoms with van der Waals surface area (Å²) in [6.07, 6.45) is -0.521. The smallest absolute Gasteiger partial charge is 0.407 e. The van der Waals surface area contributed by atoms with Crippen LogP contribution in [-0.4, -0.2) is 54.5 Å². The van der Waals surface area contributed by atoms with Crippen LogP contribution in [0.1, 0.15) is 24.8 Å². The Balaban J connectivity index is 1.81. The van der Waals surface area contributed by atoms with Gasteiger partial charge in [-0.25, -0.2) is 13.2 Å². The summed E-state index contributed by atoms with van der Waals surface area (Å²) in [5.41, 5.74) is -0.715. The highest BCUT2D eigenvalue weighted by Gasteiger charge is 2.44. The highest BCUT2D eigenvalue weighted by Crippen LogP contribution is 2.31. The molecule has 0 aliphatic heterocycles. The van der Waals surface area contributed by atoms with Crippen molar-refractivity contribution in [3.8, 4) is 0 Å². The van der Waals surface area contributed by atoms with Crippen molar-refractivity contribution in [2.24, 2.45) is 0 Å². The van der Waals surface area contributed by atoms with Gasteiger partial charge in [-0.15, -0.1) is 0 Å². The first-order valence-electron chi connectivity index (χ1n) is 7.74. The summed E-state index contributed by atoms with van der Waals surface area (Å²) in [4.78, 5) is 11.7. The number of hydrogen-bond acceptors (Lipinski definition) is 6. The van der Waals surface area contributed by atoms with E-state index in [1.165, 1.54) is 0 Å². The number of amides is 1. The van der Waals surface area contributed by atoms with Gasteiger partial charge >= 0.3 is 6.09 Å². The molecule has 134 valence electrons. The van der Waals surface area contributed by atoms with Crippen molar-refractivity contribution in [2.45, 2.75) is 42.8 Å². The van der Waals surface area contributed by atoms with Gasteiger partial charge in [0, 0.05) is 6.26 Å². The number of rotatable bonds is 5. The van der Waals surface area contributed by atoms with Crippen LogP contribution in [0.3, 0.4) is 0 Å². The summed E-state index contributed by atoms with van der Waals surface area (Å²) in [7, 11) is -3.26. The van der Waals surface area contributed by atoms with E-state index in [9.17, 15) is 23.4 Å². The standard InChI is InChI=1S/C16H23NO6S/c1-24(21,22)13-7-8-16(20,14(18)9-13)11-17-15(19)23-10-12-5-3-2-4-6-12/h2-6,13-14,18,20H,7-11H2,1H3,(H,17,19). The second-order valence-corrected chi connectivity index (χ2v) is 8.59. The summed E-state index contributed by atoms with van der Waals surface area (Å²) in [5, 5.41) is 22.3. The molecule has 8 heteroatoms. The van der Waals surface area contributed by atoms with Gasteiger partial charge in [0.2, 0.25) is 0 Å². The molecule has 0 radical (unpaired) electrons. The number of ether oxygens (including phenoxy) is 1. The number of nitrogens with one attached hydrogen (secondary N) is 1. The second-order valence-electron chi connectivity index (χ2n) is 6.26. The molecule has 0 saturated heterocycles. The quantitative estimate of drug-likeness (QED) is 0.711. The Labute approximate surface area is 141 Å². The zero-order valence-corrected chi connectivity index (χ0v) is 14.3. The summed E-state index contributed by atoms with van der Waals surface area (Å²) in [6, 6.07) is 9.15. The predicted octanol–water partition coefficient (Wildman–Crippen LogP) is 0.602. The van der Waals surface area contributed by atoms with Crippen molar-refractivity contribution in [1.29, 1.82) is 0 Å². The Kier molecular flexibility index (Phi) is 5.84. The molecule has 24 heavy (non-hydrogen) atoms. The summed E-state index contributed by atoms with van der Waals surface area (Å²) in [5.74, 6) is 0. The van der Waals surface area contributed by atoms with E-state index in [1.54, 1.807) is 0 Å². The highest BCUT2D eigenvalue weighted by atomic mass is 32.2. The Hall–Kier alpha value is -1.64. The lowest BCUT2D eigenvalue weighted by atomic mass is 9.82. The fourth-order valence-corrected chi connectivity index (χ4v) is 3.84. The second kappa shape index (κ2) is 7.50. The monoisotopic (exact) mass is 357 g/mol. The molecule has 0 aromatic heterocycles. The number of benzene rings is 1. The average molecular weight is 357 g/mol. The van der Waals surface area contributed by atoms with Gasteiger partial charge in [0.05, 0.1) is 17.9 Å². The first kappa shape index (κ1) is 18.7. The van der Waals surface area contributed by atoms with E-state index in [2.05, 4.69) is 5.32 Å². The van der Waals surface area contributed by atoms with Crippen molar-refractivity contribution < 1.29 is 28.2 Å². The van der Waals surface area contributed by atoms with Crippen LogP contribution in [0.15, 0.2) is 30.3 Å². The molecule has 1 fully saturated rings. The van der Waals surface area contributed by atoms with Crippen LogP contribution in [0.4, 0.5) is 4.79 Å². The molecular weight excluding hydrogens is 334 g/mol. The van der Waals surface area contributed by atoms with E-state index < -0.39 is 32.9 Å². The fourth-order valence-electron chi connectivity index (χ4n) is 2.76. The number of carbonyl (C=O) groups is 1. The number of sulfone groups is 1. The minimum absolute atomic E-state index is 0.0456. The lowest BCUT2D eigenvalue weighted by Crippen LogP contribution is -2.56. The molecule has 1 aromatic rings. The van der Waals surface area contributed by atoms with Gasteiger partial charge in [0.25, 0.3) is 0 Å². The average Bonchev–Trinajstić information content (AvgIpc) is 2.54. The Bertz CT molecular complexity index is 662. The van der Waals surface area contributed by atoms with Crippen LogP contribution in [0.2, 0.25) is 0 Å². The fraction of sp³-hybridized carbons (Fsp3) is 0.562. The SMILES string of the molecule is CS(=O)(=O)C1CCC(O)(CNC(=O)OCc2ccccc2)C(O)C1. The zero-order chi connectivity index (χ0) is 17.8.